The standard InChI is InChI=1S/C23H20ClN7/c1-2-20-25-10-7-21(29-20)31-11-8-15(9-12-31)28-23-27-14-18(24)22(30-23)17-13-26-19-6-4-3-5-16(17)19/h1,3-7,10,13-15,26H,8-9,11-12H2,(H,27,28,30). The summed E-state index contributed by atoms with van der Waals surface area (Å²) in [6.07, 6.45) is 12.6. The van der Waals surface area contributed by atoms with Crippen molar-refractivity contribution in [1.82, 2.24) is 24.9 Å². The highest BCUT2D eigenvalue weighted by Gasteiger charge is 2.22. The number of halogens is 1. The van der Waals surface area contributed by atoms with Crippen LogP contribution in [0.15, 0.2) is 48.9 Å². The predicted octanol–water partition coefficient (Wildman–Crippen LogP) is 4.13. The summed E-state index contributed by atoms with van der Waals surface area (Å²) >= 11 is 6.44. The zero-order valence-electron chi connectivity index (χ0n) is 16.7. The highest BCUT2D eigenvalue weighted by Crippen LogP contribution is 2.32. The molecule has 1 aliphatic rings. The number of hydrogen-bond acceptors (Lipinski definition) is 6. The van der Waals surface area contributed by atoms with Crippen molar-refractivity contribution in [3.05, 3.63) is 59.8 Å². The summed E-state index contributed by atoms with van der Waals surface area (Å²) < 4.78 is 0. The molecule has 5 rings (SSSR count). The summed E-state index contributed by atoms with van der Waals surface area (Å²) in [5.41, 5.74) is 2.73. The van der Waals surface area contributed by atoms with Gasteiger partial charge in [0.15, 0.2) is 0 Å². The second-order valence-corrected chi connectivity index (χ2v) is 7.83. The van der Waals surface area contributed by atoms with E-state index in [1.807, 2.05) is 30.5 Å². The Morgan fingerprint density at radius 1 is 1.13 bits per heavy atom. The highest BCUT2D eigenvalue weighted by molar-refractivity contribution is 6.33. The van der Waals surface area contributed by atoms with E-state index >= 15 is 0 Å². The Kier molecular flexibility index (Phi) is 5.14. The van der Waals surface area contributed by atoms with Gasteiger partial charge in [0.25, 0.3) is 0 Å². The average Bonchev–Trinajstić information content (AvgIpc) is 3.25. The van der Waals surface area contributed by atoms with Gasteiger partial charge in [-0.05, 0) is 30.9 Å². The highest BCUT2D eigenvalue weighted by atomic mass is 35.5. The molecule has 0 atom stereocenters. The number of aromatic nitrogens is 5. The molecule has 3 aromatic heterocycles. The lowest BCUT2D eigenvalue weighted by molar-refractivity contribution is 0.520. The lowest BCUT2D eigenvalue weighted by atomic mass is 10.1. The summed E-state index contributed by atoms with van der Waals surface area (Å²) in [6, 6.07) is 10.3. The minimum Gasteiger partial charge on any atom is -0.360 e. The monoisotopic (exact) mass is 429 g/mol. The number of benzene rings is 1. The van der Waals surface area contributed by atoms with Crippen LogP contribution in [0.3, 0.4) is 0 Å². The summed E-state index contributed by atoms with van der Waals surface area (Å²) in [5.74, 6) is 4.35. The third kappa shape index (κ3) is 3.90. The Labute approximate surface area is 184 Å². The van der Waals surface area contributed by atoms with Gasteiger partial charge in [-0.15, -0.1) is 6.42 Å². The molecule has 8 heteroatoms. The smallest absolute Gasteiger partial charge is 0.223 e. The largest absolute Gasteiger partial charge is 0.360 e. The maximum Gasteiger partial charge on any atom is 0.223 e. The summed E-state index contributed by atoms with van der Waals surface area (Å²) in [5, 5.41) is 5.08. The van der Waals surface area contributed by atoms with Crippen LogP contribution in [0.2, 0.25) is 5.02 Å². The quantitative estimate of drug-likeness (QED) is 0.474. The minimum absolute atomic E-state index is 0.266. The number of rotatable bonds is 4. The topological polar surface area (TPSA) is 82.6 Å². The first-order valence-corrected chi connectivity index (χ1v) is 10.5. The molecule has 0 aliphatic carbocycles. The van der Waals surface area contributed by atoms with E-state index < -0.39 is 0 Å². The molecule has 4 heterocycles. The molecule has 1 aromatic carbocycles. The molecule has 4 aromatic rings. The van der Waals surface area contributed by atoms with Gasteiger partial charge < -0.3 is 15.2 Å². The van der Waals surface area contributed by atoms with E-state index in [1.165, 1.54) is 0 Å². The number of fused-ring (bicyclic) bond motifs is 1. The lowest BCUT2D eigenvalue weighted by Crippen LogP contribution is -2.39. The molecule has 2 N–H and O–H groups in total. The molecule has 154 valence electrons. The van der Waals surface area contributed by atoms with E-state index in [4.69, 9.17) is 23.0 Å². The number of para-hydroxylation sites is 1. The molecular formula is C23H20ClN7. The van der Waals surface area contributed by atoms with Crippen molar-refractivity contribution >= 4 is 34.3 Å². The molecule has 0 radical (unpaired) electrons. The van der Waals surface area contributed by atoms with Gasteiger partial charge in [0.05, 0.1) is 16.9 Å². The molecule has 0 bridgehead atoms. The van der Waals surface area contributed by atoms with Gasteiger partial charge in [0.2, 0.25) is 11.8 Å². The van der Waals surface area contributed by atoms with E-state index in [1.54, 1.807) is 12.4 Å². The van der Waals surface area contributed by atoms with E-state index in [0.717, 1.165) is 53.9 Å². The fourth-order valence-corrected chi connectivity index (χ4v) is 4.12. The second kappa shape index (κ2) is 8.25. The van der Waals surface area contributed by atoms with Crippen molar-refractivity contribution in [3.8, 4) is 23.6 Å². The number of hydrogen-bond donors (Lipinski definition) is 2. The summed E-state index contributed by atoms with van der Waals surface area (Å²) in [4.78, 5) is 23.1. The van der Waals surface area contributed by atoms with Gasteiger partial charge in [0.1, 0.15) is 5.82 Å². The number of anilines is 2. The number of nitrogens with zero attached hydrogens (tertiary/aromatic N) is 5. The zero-order valence-corrected chi connectivity index (χ0v) is 17.5. The van der Waals surface area contributed by atoms with Crippen LogP contribution in [0.25, 0.3) is 22.2 Å². The van der Waals surface area contributed by atoms with Crippen molar-refractivity contribution in [1.29, 1.82) is 0 Å². The Morgan fingerprint density at radius 3 is 2.81 bits per heavy atom. The molecule has 0 amide bonds. The molecule has 0 spiro atoms. The van der Waals surface area contributed by atoms with Crippen molar-refractivity contribution in [2.24, 2.45) is 0 Å². The first-order chi connectivity index (χ1) is 15.2. The lowest BCUT2D eigenvalue weighted by Gasteiger charge is -2.33. The van der Waals surface area contributed by atoms with Gasteiger partial charge in [-0.1, -0.05) is 29.8 Å². The average molecular weight is 430 g/mol. The van der Waals surface area contributed by atoms with Crippen LogP contribution in [-0.2, 0) is 0 Å². The molecule has 31 heavy (non-hydrogen) atoms. The second-order valence-electron chi connectivity index (χ2n) is 7.43. The van der Waals surface area contributed by atoms with Gasteiger partial charge in [-0.25, -0.2) is 19.9 Å². The van der Waals surface area contributed by atoms with Crippen LogP contribution < -0.4 is 10.2 Å². The fourth-order valence-electron chi connectivity index (χ4n) is 3.92. The van der Waals surface area contributed by atoms with Crippen molar-refractivity contribution in [2.45, 2.75) is 18.9 Å². The molecule has 1 aliphatic heterocycles. The predicted molar refractivity (Wildman–Crippen MR) is 123 cm³/mol. The van der Waals surface area contributed by atoms with Gasteiger partial charge in [0, 0.05) is 48.0 Å². The molecule has 1 fully saturated rings. The van der Waals surface area contributed by atoms with Gasteiger partial charge in [-0.3, -0.25) is 0 Å². The zero-order chi connectivity index (χ0) is 21.2. The minimum atomic E-state index is 0.266. The van der Waals surface area contributed by atoms with E-state index in [9.17, 15) is 0 Å². The third-order valence-electron chi connectivity index (χ3n) is 5.51. The molecule has 7 nitrogen and oxygen atoms in total. The Hall–Kier alpha value is -3.63. The SMILES string of the molecule is C#Cc1nccc(N2CCC(Nc3ncc(Cl)c(-c4c[nH]c5ccccc45)n3)CC2)n1. The fraction of sp³-hybridized carbons (Fsp3) is 0.217. The normalized spacial score (nSPS) is 14.5. The number of nitrogens with one attached hydrogen (secondary N) is 2. The van der Waals surface area contributed by atoms with Gasteiger partial charge >= 0.3 is 0 Å². The number of piperidine rings is 1. The first kappa shape index (κ1) is 19.3. The number of aromatic amines is 1. The Bertz CT molecular complexity index is 1270. The molecular weight excluding hydrogens is 410 g/mol. The van der Waals surface area contributed by atoms with Crippen LogP contribution in [0.4, 0.5) is 11.8 Å². The maximum absolute atomic E-state index is 6.44. The van der Waals surface area contributed by atoms with Crippen LogP contribution in [0.5, 0.6) is 0 Å². The molecule has 0 unspecified atom stereocenters. The third-order valence-corrected chi connectivity index (χ3v) is 5.79. The van der Waals surface area contributed by atoms with Crippen molar-refractivity contribution < 1.29 is 0 Å². The van der Waals surface area contributed by atoms with Crippen LogP contribution in [0, 0.1) is 12.3 Å². The maximum atomic E-state index is 6.44. The van der Waals surface area contributed by atoms with Crippen molar-refractivity contribution in [2.75, 3.05) is 23.3 Å². The summed E-state index contributed by atoms with van der Waals surface area (Å²) in [7, 11) is 0. The van der Waals surface area contributed by atoms with E-state index in [0.29, 0.717) is 16.8 Å². The number of terminal acetylenes is 1. The number of H-pyrrole nitrogens is 1. The summed E-state index contributed by atoms with van der Waals surface area (Å²) in [6.45, 7) is 1.73. The van der Waals surface area contributed by atoms with Crippen LogP contribution in [0.1, 0.15) is 18.7 Å². The first-order valence-electron chi connectivity index (χ1n) is 10.1. The van der Waals surface area contributed by atoms with E-state index in [-0.39, 0.29) is 6.04 Å². The van der Waals surface area contributed by atoms with E-state index in [2.05, 4.69) is 42.1 Å². The Morgan fingerprint density at radius 2 is 1.97 bits per heavy atom. The van der Waals surface area contributed by atoms with Gasteiger partial charge in [-0.2, -0.15) is 0 Å². The molecule has 0 saturated carbocycles. The van der Waals surface area contributed by atoms with Crippen LogP contribution in [-0.4, -0.2) is 44.1 Å². The molecule has 1 saturated heterocycles. The van der Waals surface area contributed by atoms with Crippen LogP contribution >= 0.6 is 11.6 Å². The Balaban J connectivity index is 1.30. The van der Waals surface area contributed by atoms with Crippen molar-refractivity contribution in [3.63, 3.8) is 0 Å².